The number of benzene rings is 3. The van der Waals surface area contributed by atoms with Crippen molar-refractivity contribution in [1.82, 2.24) is 0 Å². The molecule has 0 aliphatic rings. The van der Waals surface area contributed by atoms with E-state index in [2.05, 4.69) is 0 Å². The second-order valence-electron chi connectivity index (χ2n) is 8.29. The van der Waals surface area contributed by atoms with Gasteiger partial charge in [0.2, 0.25) is 0 Å². The minimum atomic E-state index is -4.36. The molecule has 3 rings (SSSR count). The average Bonchev–Trinajstić information content (AvgIpc) is 2.83. The van der Waals surface area contributed by atoms with Crippen molar-refractivity contribution in [1.29, 1.82) is 0 Å². The van der Waals surface area contributed by atoms with Crippen LogP contribution in [0, 0.1) is 0 Å². The van der Waals surface area contributed by atoms with Crippen molar-refractivity contribution in [3.05, 3.63) is 89.5 Å². The van der Waals surface area contributed by atoms with E-state index in [9.17, 15) is 22.8 Å². The van der Waals surface area contributed by atoms with Crippen LogP contribution in [0.4, 0.5) is 13.2 Å². The summed E-state index contributed by atoms with van der Waals surface area (Å²) in [5.74, 6) is -0.377. The third-order valence-electron chi connectivity index (χ3n) is 5.63. The van der Waals surface area contributed by atoms with Crippen molar-refractivity contribution in [2.24, 2.45) is 0 Å². The number of carboxylic acid groups (broad SMARTS) is 1. The predicted molar refractivity (Wildman–Crippen MR) is 127 cm³/mol. The Morgan fingerprint density at radius 1 is 0.857 bits per heavy atom. The molecule has 184 valence electrons. The lowest BCUT2D eigenvalue weighted by Gasteiger charge is -2.20. The van der Waals surface area contributed by atoms with E-state index in [4.69, 9.17) is 9.84 Å². The molecule has 3 aromatic carbocycles. The van der Waals surface area contributed by atoms with Crippen LogP contribution >= 0.6 is 0 Å². The molecule has 1 N–H and O–H groups in total. The Morgan fingerprint density at radius 2 is 1.43 bits per heavy atom. The molecule has 7 heteroatoms. The minimum Gasteiger partial charge on any atom is -0.486 e. The van der Waals surface area contributed by atoms with Gasteiger partial charge in [0.1, 0.15) is 11.9 Å². The molecule has 0 aromatic heterocycles. The summed E-state index contributed by atoms with van der Waals surface area (Å²) in [4.78, 5) is 22.9. The number of Topliss-reactive ketones (excluding diaryl/α,β-unsaturated/α-hetero) is 1. The van der Waals surface area contributed by atoms with Crippen LogP contribution in [0.5, 0.6) is 5.75 Å². The third kappa shape index (κ3) is 7.44. The summed E-state index contributed by atoms with van der Waals surface area (Å²) < 4.78 is 44.5. The van der Waals surface area contributed by atoms with Gasteiger partial charge in [-0.2, -0.15) is 13.2 Å². The van der Waals surface area contributed by atoms with Gasteiger partial charge in [-0.15, -0.1) is 0 Å². The van der Waals surface area contributed by atoms with Crippen molar-refractivity contribution in [2.75, 3.05) is 0 Å². The summed E-state index contributed by atoms with van der Waals surface area (Å²) in [5, 5.41) is 8.71. The Hall–Kier alpha value is -3.61. The molecule has 0 aliphatic heterocycles. The van der Waals surface area contributed by atoms with E-state index in [0.29, 0.717) is 23.3 Å². The Bertz CT molecular complexity index is 1120. The first-order valence-corrected chi connectivity index (χ1v) is 11.5. The van der Waals surface area contributed by atoms with Gasteiger partial charge >= 0.3 is 12.1 Å². The molecule has 0 spiro atoms. The lowest BCUT2D eigenvalue weighted by Crippen LogP contribution is -2.08. The molecule has 0 saturated heterocycles. The number of carbonyl (C=O) groups is 2. The van der Waals surface area contributed by atoms with Crippen molar-refractivity contribution < 1.29 is 32.6 Å². The van der Waals surface area contributed by atoms with E-state index in [0.717, 1.165) is 36.1 Å². The highest BCUT2D eigenvalue weighted by Crippen LogP contribution is 2.32. The number of halogens is 3. The van der Waals surface area contributed by atoms with E-state index >= 15 is 0 Å². The summed E-state index contributed by atoms with van der Waals surface area (Å²) in [6.45, 7) is 2.05. The van der Waals surface area contributed by atoms with Gasteiger partial charge in [0.05, 0.1) is 5.56 Å². The van der Waals surface area contributed by atoms with E-state index in [1.807, 2.05) is 19.1 Å². The van der Waals surface area contributed by atoms with E-state index < -0.39 is 17.7 Å². The lowest BCUT2D eigenvalue weighted by atomic mass is 10.00. The second-order valence-corrected chi connectivity index (χ2v) is 8.29. The largest absolute Gasteiger partial charge is 0.486 e. The zero-order valence-electron chi connectivity index (χ0n) is 19.3. The number of alkyl halides is 3. The third-order valence-corrected chi connectivity index (χ3v) is 5.63. The zero-order chi connectivity index (χ0) is 25.4. The maximum absolute atomic E-state index is 12.8. The molecule has 0 amide bonds. The normalized spacial score (nSPS) is 12.2. The SMILES string of the molecule is CCCC(Oc1ccc(-c2ccc(C(F)(F)F)cc2)cc1)c1ccc(C(=O)CCCC(=O)O)cc1. The summed E-state index contributed by atoms with van der Waals surface area (Å²) in [6.07, 6.45) is -2.50. The van der Waals surface area contributed by atoms with E-state index in [1.54, 1.807) is 36.4 Å². The van der Waals surface area contributed by atoms with Crippen LogP contribution in [-0.4, -0.2) is 16.9 Å². The fraction of sp³-hybridized carbons (Fsp3) is 0.286. The number of carboxylic acids is 1. The Labute approximate surface area is 202 Å². The monoisotopic (exact) mass is 484 g/mol. The van der Waals surface area contributed by atoms with E-state index in [-0.39, 0.29) is 24.7 Å². The van der Waals surface area contributed by atoms with Crippen LogP contribution in [0.15, 0.2) is 72.8 Å². The van der Waals surface area contributed by atoms with Crippen molar-refractivity contribution in [3.63, 3.8) is 0 Å². The summed E-state index contributed by atoms with van der Waals surface area (Å²) >= 11 is 0. The van der Waals surface area contributed by atoms with Gasteiger partial charge in [-0.05, 0) is 53.8 Å². The first-order chi connectivity index (χ1) is 16.7. The van der Waals surface area contributed by atoms with Crippen LogP contribution in [0.2, 0.25) is 0 Å². The van der Waals surface area contributed by atoms with Crippen molar-refractivity contribution in [3.8, 4) is 16.9 Å². The van der Waals surface area contributed by atoms with Gasteiger partial charge in [0.25, 0.3) is 0 Å². The first-order valence-electron chi connectivity index (χ1n) is 11.5. The lowest BCUT2D eigenvalue weighted by molar-refractivity contribution is -0.138. The molecule has 1 unspecified atom stereocenters. The molecule has 0 saturated carbocycles. The van der Waals surface area contributed by atoms with Gasteiger partial charge in [-0.1, -0.05) is 61.9 Å². The van der Waals surface area contributed by atoms with Crippen LogP contribution in [0.25, 0.3) is 11.1 Å². The second kappa shape index (κ2) is 11.7. The van der Waals surface area contributed by atoms with Gasteiger partial charge in [0, 0.05) is 18.4 Å². The molecule has 4 nitrogen and oxygen atoms in total. The highest BCUT2D eigenvalue weighted by atomic mass is 19.4. The smallest absolute Gasteiger partial charge is 0.416 e. The van der Waals surface area contributed by atoms with Crippen molar-refractivity contribution in [2.45, 2.75) is 51.3 Å². The first kappa shape index (κ1) is 26.0. The van der Waals surface area contributed by atoms with Gasteiger partial charge in [-0.3, -0.25) is 9.59 Å². The Balaban J connectivity index is 1.67. The van der Waals surface area contributed by atoms with Gasteiger partial charge in [0.15, 0.2) is 5.78 Å². The maximum Gasteiger partial charge on any atom is 0.416 e. The van der Waals surface area contributed by atoms with Crippen LogP contribution in [0.3, 0.4) is 0 Å². The van der Waals surface area contributed by atoms with Crippen LogP contribution < -0.4 is 4.74 Å². The molecular weight excluding hydrogens is 457 g/mol. The molecule has 0 heterocycles. The van der Waals surface area contributed by atoms with Crippen LogP contribution in [0.1, 0.15) is 66.6 Å². The quantitative estimate of drug-likeness (QED) is 0.283. The Kier molecular flexibility index (Phi) is 8.68. The number of ketones is 1. The molecule has 0 bridgehead atoms. The standard InChI is InChI=1S/C28H27F3O4/c1-2-4-26(22-9-7-21(8-10-22)25(32)5-3-6-27(33)34)35-24-17-13-20(14-18-24)19-11-15-23(16-12-19)28(29,30)31/h7-18,26H,2-6H2,1H3,(H,33,34). The number of rotatable bonds is 11. The molecular formula is C28H27F3O4. The number of ether oxygens (including phenoxy) is 1. The Morgan fingerprint density at radius 3 is 1.94 bits per heavy atom. The van der Waals surface area contributed by atoms with E-state index in [1.165, 1.54) is 12.1 Å². The molecule has 0 radical (unpaired) electrons. The number of carbonyl (C=O) groups excluding carboxylic acids is 1. The van der Waals surface area contributed by atoms with Gasteiger partial charge < -0.3 is 9.84 Å². The molecule has 1 atom stereocenters. The van der Waals surface area contributed by atoms with Crippen LogP contribution in [-0.2, 0) is 11.0 Å². The molecule has 3 aromatic rings. The topological polar surface area (TPSA) is 63.6 Å². The van der Waals surface area contributed by atoms with Crippen molar-refractivity contribution >= 4 is 11.8 Å². The predicted octanol–water partition coefficient (Wildman–Crippen LogP) is 7.73. The average molecular weight is 485 g/mol. The highest BCUT2D eigenvalue weighted by Gasteiger charge is 2.30. The summed E-state index contributed by atoms with van der Waals surface area (Å²) in [5.41, 5.74) is 2.23. The highest BCUT2D eigenvalue weighted by molar-refractivity contribution is 5.96. The number of hydrogen-bond donors (Lipinski definition) is 1. The zero-order valence-corrected chi connectivity index (χ0v) is 19.3. The maximum atomic E-state index is 12.8. The molecule has 0 fully saturated rings. The molecule has 0 aliphatic carbocycles. The van der Waals surface area contributed by atoms with Gasteiger partial charge in [-0.25, -0.2) is 0 Å². The number of hydrogen-bond acceptors (Lipinski definition) is 3. The fourth-order valence-electron chi connectivity index (χ4n) is 3.73. The number of aliphatic carboxylic acids is 1. The fourth-order valence-corrected chi connectivity index (χ4v) is 3.73. The molecule has 35 heavy (non-hydrogen) atoms. The summed E-state index contributed by atoms with van der Waals surface area (Å²) in [7, 11) is 0. The minimum absolute atomic E-state index is 0.0338. The summed E-state index contributed by atoms with van der Waals surface area (Å²) in [6, 6.07) is 19.4.